The molecule has 1 saturated heterocycles. The molecular formula is C18H27ClN4O. The first kappa shape index (κ1) is 18.6. The van der Waals surface area contributed by atoms with Crippen molar-refractivity contribution in [2.24, 2.45) is 10.4 Å². The number of hydrogen-bond acceptors (Lipinski definition) is 2. The smallest absolute Gasteiger partial charge is 0.251 e. The lowest BCUT2D eigenvalue weighted by molar-refractivity contribution is 0.0955. The van der Waals surface area contributed by atoms with Crippen LogP contribution in [-0.2, 0) is 0 Å². The molecule has 1 amide bonds. The molecule has 5 nitrogen and oxygen atoms in total. The summed E-state index contributed by atoms with van der Waals surface area (Å²) in [7, 11) is 0. The van der Waals surface area contributed by atoms with Gasteiger partial charge in [0.2, 0.25) is 0 Å². The van der Waals surface area contributed by atoms with Gasteiger partial charge in [0.15, 0.2) is 5.96 Å². The molecular weight excluding hydrogens is 324 g/mol. The molecule has 1 fully saturated rings. The molecule has 24 heavy (non-hydrogen) atoms. The van der Waals surface area contributed by atoms with Crippen molar-refractivity contribution in [2.75, 3.05) is 32.7 Å². The van der Waals surface area contributed by atoms with Crippen LogP contribution in [0.5, 0.6) is 0 Å². The van der Waals surface area contributed by atoms with Crippen LogP contribution in [0.15, 0.2) is 29.3 Å². The molecule has 1 aliphatic heterocycles. The topological polar surface area (TPSA) is 56.7 Å². The minimum Gasteiger partial charge on any atom is -0.357 e. The second-order valence-corrected chi connectivity index (χ2v) is 7.27. The maximum Gasteiger partial charge on any atom is 0.251 e. The monoisotopic (exact) mass is 350 g/mol. The highest BCUT2D eigenvalue weighted by molar-refractivity contribution is 6.30. The fourth-order valence-corrected chi connectivity index (χ4v) is 2.88. The summed E-state index contributed by atoms with van der Waals surface area (Å²) in [6.07, 6.45) is 1.17. The highest BCUT2D eigenvalue weighted by atomic mass is 35.5. The Hall–Kier alpha value is -1.75. The first-order valence-electron chi connectivity index (χ1n) is 8.48. The maximum atomic E-state index is 12.0. The van der Waals surface area contributed by atoms with E-state index in [0.717, 1.165) is 25.6 Å². The van der Waals surface area contributed by atoms with Crippen LogP contribution >= 0.6 is 11.6 Å². The molecule has 0 saturated carbocycles. The third-order valence-corrected chi connectivity index (χ3v) is 4.33. The molecule has 0 aliphatic carbocycles. The van der Waals surface area contributed by atoms with E-state index in [2.05, 4.69) is 41.3 Å². The van der Waals surface area contributed by atoms with Gasteiger partial charge in [0.25, 0.3) is 5.91 Å². The van der Waals surface area contributed by atoms with Crippen LogP contribution < -0.4 is 10.6 Å². The molecule has 0 aromatic heterocycles. The minimum absolute atomic E-state index is 0.103. The molecule has 2 N–H and O–H groups in total. The number of guanidine groups is 1. The van der Waals surface area contributed by atoms with E-state index in [1.165, 1.54) is 6.42 Å². The molecule has 1 aliphatic rings. The van der Waals surface area contributed by atoms with Crippen molar-refractivity contribution in [1.29, 1.82) is 0 Å². The zero-order valence-corrected chi connectivity index (χ0v) is 15.5. The number of nitrogens with zero attached hydrogens (tertiary/aromatic N) is 2. The number of aliphatic imine (C=N–C) groups is 1. The normalized spacial score (nSPS) is 17.0. The lowest BCUT2D eigenvalue weighted by Crippen LogP contribution is -2.41. The Labute approximate surface area is 149 Å². The fraction of sp³-hybridized carbons (Fsp3) is 0.556. The van der Waals surface area contributed by atoms with Crippen LogP contribution in [0.25, 0.3) is 0 Å². The second kappa shape index (κ2) is 8.38. The number of halogens is 1. The van der Waals surface area contributed by atoms with Crippen molar-refractivity contribution in [3.63, 3.8) is 0 Å². The van der Waals surface area contributed by atoms with Crippen LogP contribution in [-0.4, -0.2) is 49.5 Å². The highest BCUT2D eigenvalue weighted by Crippen LogP contribution is 2.28. The zero-order chi connectivity index (χ0) is 17.6. The minimum atomic E-state index is -0.103. The molecule has 1 aromatic carbocycles. The predicted molar refractivity (Wildman–Crippen MR) is 99.7 cm³/mol. The van der Waals surface area contributed by atoms with Gasteiger partial charge in [0, 0.05) is 36.8 Å². The molecule has 2 rings (SSSR count). The van der Waals surface area contributed by atoms with Crippen LogP contribution in [0.4, 0.5) is 0 Å². The van der Waals surface area contributed by atoms with Crippen LogP contribution in [0.2, 0.25) is 5.02 Å². The highest BCUT2D eigenvalue weighted by Gasteiger charge is 2.30. The second-order valence-electron chi connectivity index (χ2n) is 6.83. The molecule has 132 valence electrons. The lowest BCUT2D eigenvalue weighted by atomic mass is 9.93. The van der Waals surface area contributed by atoms with Gasteiger partial charge in [-0.25, -0.2) is 0 Å². The van der Waals surface area contributed by atoms with E-state index >= 15 is 0 Å². The largest absolute Gasteiger partial charge is 0.357 e. The Bertz CT molecular complexity index is 583. The Kier molecular flexibility index (Phi) is 6.49. The summed E-state index contributed by atoms with van der Waals surface area (Å²) >= 11 is 5.83. The van der Waals surface area contributed by atoms with Gasteiger partial charge in [-0.1, -0.05) is 25.4 Å². The van der Waals surface area contributed by atoms with Crippen LogP contribution in [0.1, 0.15) is 37.6 Å². The number of amides is 1. The standard InChI is InChI=1S/C18H27ClN4O/c1-4-20-17(23-12-9-18(2,3)13-23)22-11-10-21-16(24)14-5-7-15(19)8-6-14/h5-8H,4,9-13H2,1-3H3,(H,20,22)(H,21,24). The van der Waals surface area contributed by atoms with Crippen molar-refractivity contribution >= 4 is 23.5 Å². The van der Waals surface area contributed by atoms with Gasteiger partial charge in [0.05, 0.1) is 6.54 Å². The van der Waals surface area contributed by atoms with Gasteiger partial charge >= 0.3 is 0 Å². The number of carbonyl (C=O) groups excluding carboxylic acids is 1. The SMILES string of the molecule is CCNC(=NCCNC(=O)c1ccc(Cl)cc1)N1CCC(C)(C)C1. The number of benzene rings is 1. The number of hydrogen-bond donors (Lipinski definition) is 2. The average Bonchev–Trinajstić information content (AvgIpc) is 2.90. The quantitative estimate of drug-likeness (QED) is 0.487. The number of likely N-dealkylation sites (tertiary alicyclic amines) is 1. The van der Waals surface area contributed by atoms with Gasteiger partial charge in [0.1, 0.15) is 0 Å². The van der Waals surface area contributed by atoms with Gasteiger partial charge in [-0.3, -0.25) is 9.79 Å². The van der Waals surface area contributed by atoms with E-state index in [9.17, 15) is 4.79 Å². The van der Waals surface area contributed by atoms with Crippen LogP contribution in [0.3, 0.4) is 0 Å². The summed E-state index contributed by atoms with van der Waals surface area (Å²) in [6.45, 7) is 10.6. The first-order valence-corrected chi connectivity index (χ1v) is 8.86. The van der Waals surface area contributed by atoms with Gasteiger partial charge in [-0.05, 0) is 43.0 Å². The Morgan fingerprint density at radius 3 is 2.58 bits per heavy atom. The van der Waals surface area contributed by atoms with Gasteiger partial charge in [-0.2, -0.15) is 0 Å². The molecule has 0 atom stereocenters. The number of rotatable bonds is 5. The third-order valence-electron chi connectivity index (χ3n) is 4.08. The average molecular weight is 351 g/mol. The molecule has 0 unspecified atom stereocenters. The molecule has 1 heterocycles. The molecule has 0 spiro atoms. The summed E-state index contributed by atoms with van der Waals surface area (Å²) in [5.74, 6) is 0.831. The van der Waals surface area contributed by atoms with Crippen molar-refractivity contribution in [1.82, 2.24) is 15.5 Å². The summed E-state index contributed by atoms with van der Waals surface area (Å²) < 4.78 is 0. The summed E-state index contributed by atoms with van der Waals surface area (Å²) in [6, 6.07) is 6.87. The molecule has 0 bridgehead atoms. The van der Waals surface area contributed by atoms with E-state index in [0.29, 0.717) is 29.1 Å². The van der Waals surface area contributed by atoms with Crippen molar-refractivity contribution in [3.05, 3.63) is 34.9 Å². The lowest BCUT2D eigenvalue weighted by Gasteiger charge is -2.23. The zero-order valence-electron chi connectivity index (χ0n) is 14.7. The molecule has 6 heteroatoms. The number of nitrogens with one attached hydrogen (secondary N) is 2. The van der Waals surface area contributed by atoms with E-state index in [4.69, 9.17) is 11.6 Å². The van der Waals surface area contributed by atoms with E-state index in [1.54, 1.807) is 24.3 Å². The Morgan fingerprint density at radius 2 is 2.00 bits per heavy atom. The van der Waals surface area contributed by atoms with E-state index < -0.39 is 0 Å². The van der Waals surface area contributed by atoms with Crippen molar-refractivity contribution in [3.8, 4) is 0 Å². The maximum absolute atomic E-state index is 12.0. The predicted octanol–water partition coefficient (Wildman–Crippen LogP) is 2.77. The Balaban J connectivity index is 1.84. The van der Waals surface area contributed by atoms with E-state index in [-0.39, 0.29) is 5.91 Å². The van der Waals surface area contributed by atoms with Gasteiger partial charge < -0.3 is 15.5 Å². The summed E-state index contributed by atoms with van der Waals surface area (Å²) in [5, 5.41) is 6.85. The van der Waals surface area contributed by atoms with Gasteiger partial charge in [-0.15, -0.1) is 0 Å². The van der Waals surface area contributed by atoms with Crippen LogP contribution in [0, 0.1) is 5.41 Å². The van der Waals surface area contributed by atoms with E-state index in [1.807, 2.05) is 0 Å². The fourth-order valence-electron chi connectivity index (χ4n) is 2.75. The number of carbonyl (C=O) groups is 1. The van der Waals surface area contributed by atoms with Crippen molar-refractivity contribution < 1.29 is 4.79 Å². The first-order chi connectivity index (χ1) is 11.4. The molecule has 1 aromatic rings. The van der Waals surface area contributed by atoms with Crippen molar-refractivity contribution in [2.45, 2.75) is 27.2 Å². The third kappa shape index (κ3) is 5.41. The molecule has 0 radical (unpaired) electrons. The summed E-state index contributed by atoms with van der Waals surface area (Å²) in [5.41, 5.74) is 0.940. The Morgan fingerprint density at radius 1 is 1.29 bits per heavy atom. The summed E-state index contributed by atoms with van der Waals surface area (Å²) in [4.78, 5) is 19.0.